The summed E-state index contributed by atoms with van der Waals surface area (Å²) in [6.07, 6.45) is 1.68. The van der Waals surface area contributed by atoms with E-state index in [1.165, 1.54) is 19.2 Å². The van der Waals surface area contributed by atoms with Crippen LogP contribution in [0.1, 0.15) is 33.3 Å². The fourth-order valence-corrected chi connectivity index (χ4v) is 3.93. The maximum atomic E-state index is 12.9. The molecular weight excluding hydrogens is 436 g/mol. The number of esters is 1. The van der Waals surface area contributed by atoms with Gasteiger partial charge in [0.15, 0.2) is 0 Å². The average Bonchev–Trinajstić information content (AvgIpc) is 3.47. The molecule has 1 fully saturated rings. The first-order chi connectivity index (χ1) is 16.2. The Morgan fingerprint density at radius 2 is 1.82 bits per heavy atom. The number of hydrogen-bond donors (Lipinski definition) is 1. The number of ether oxygens (including phenoxy) is 1. The van der Waals surface area contributed by atoms with Crippen LogP contribution in [0.4, 0.5) is 10.5 Å². The lowest BCUT2D eigenvalue weighted by atomic mass is 10.2. The molecule has 3 amide bonds. The Bertz CT molecular complexity index is 1300. The number of furan rings is 1. The van der Waals surface area contributed by atoms with Gasteiger partial charge in [0, 0.05) is 36.9 Å². The van der Waals surface area contributed by atoms with Crippen LogP contribution >= 0.6 is 0 Å². The van der Waals surface area contributed by atoms with Crippen molar-refractivity contribution < 1.29 is 23.5 Å². The number of nitrogens with zero attached hydrogens (tertiary/aromatic N) is 3. The normalized spacial score (nSPS) is 14.6. The monoisotopic (exact) mass is 462 g/mol. The third-order valence-electron chi connectivity index (χ3n) is 5.72. The summed E-state index contributed by atoms with van der Waals surface area (Å²) in [5, 5.41) is 2.63. The second-order valence-electron chi connectivity index (χ2n) is 8.21. The predicted molar refractivity (Wildman–Crippen MR) is 127 cm³/mol. The molecule has 2 aromatic heterocycles. The summed E-state index contributed by atoms with van der Waals surface area (Å²) in [5.41, 5.74) is 5.05. The molecule has 9 heteroatoms. The van der Waals surface area contributed by atoms with Crippen LogP contribution in [0.15, 0.2) is 52.6 Å². The van der Waals surface area contributed by atoms with E-state index in [0.717, 1.165) is 33.2 Å². The van der Waals surface area contributed by atoms with Gasteiger partial charge in [-0.3, -0.25) is 9.69 Å². The molecule has 1 N–H and O–H groups in total. The van der Waals surface area contributed by atoms with Crippen LogP contribution in [0.3, 0.4) is 0 Å². The zero-order valence-corrected chi connectivity index (χ0v) is 19.7. The number of urea groups is 1. The first-order valence-electron chi connectivity index (χ1n) is 10.7. The molecule has 34 heavy (non-hydrogen) atoms. The summed E-state index contributed by atoms with van der Waals surface area (Å²) in [7, 11) is 5.23. The van der Waals surface area contributed by atoms with E-state index >= 15 is 0 Å². The van der Waals surface area contributed by atoms with E-state index in [4.69, 9.17) is 4.42 Å². The predicted octanol–water partition coefficient (Wildman–Crippen LogP) is 3.63. The zero-order chi connectivity index (χ0) is 24.6. The highest BCUT2D eigenvalue weighted by Crippen LogP contribution is 2.26. The van der Waals surface area contributed by atoms with Crippen LogP contribution in [0.25, 0.3) is 11.8 Å². The number of amides is 3. The molecule has 0 bridgehead atoms. The lowest BCUT2D eigenvalue weighted by Crippen LogP contribution is -2.30. The second-order valence-corrected chi connectivity index (χ2v) is 8.21. The minimum Gasteiger partial charge on any atom is -0.463 e. The van der Waals surface area contributed by atoms with E-state index in [-0.39, 0.29) is 18.0 Å². The van der Waals surface area contributed by atoms with Crippen LogP contribution in [-0.4, -0.2) is 48.6 Å². The van der Waals surface area contributed by atoms with Crippen LogP contribution in [0.2, 0.25) is 0 Å². The number of benzene rings is 1. The molecule has 1 saturated heterocycles. The number of carbonyl (C=O) groups is 3. The molecule has 0 atom stereocenters. The van der Waals surface area contributed by atoms with E-state index in [9.17, 15) is 14.4 Å². The summed E-state index contributed by atoms with van der Waals surface area (Å²) in [6, 6.07) is 12.6. The van der Waals surface area contributed by atoms with Crippen LogP contribution in [0, 0.1) is 13.8 Å². The highest BCUT2D eigenvalue weighted by molar-refractivity contribution is 6.13. The molecule has 0 aliphatic carbocycles. The Morgan fingerprint density at radius 1 is 1.12 bits per heavy atom. The molecule has 9 nitrogen and oxygen atoms in total. The van der Waals surface area contributed by atoms with Gasteiger partial charge in [-0.1, -0.05) is 0 Å². The average molecular weight is 463 g/mol. The molecule has 0 spiro atoms. The van der Waals surface area contributed by atoms with Crippen molar-refractivity contribution in [2.75, 3.05) is 26.1 Å². The standard InChI is InChI=1S/C25H26N4O5/c1-15-12-17(16(2)29(15)19-8-6-18(7-9-19)27(3)4)13-21-23(30)28(25(32)26-21)14-20-10-11-22(34-20)24(31)33-5/h6-13H,14H2,1-5H3,(H,26,32)/b21-13-. The summed E-state index contributed by atoms with van der Waals surface area (Å²) in [6.45, 7) is 3.86. The molecule has 0 unspecified atom stereocenters. The van der Waals surface area contributed by atoms with E-state index < -0.39 is 17.9 Å². The van der Waals surface area contributed by atoms with Gasteiger partial charge in [-0.2, -0.15) is 0 Å². The second kappa shape index (κ2) is 8.93. The van der Waals surface area contributed by atoms with Gasteiger partial charge in [0.2, 0.25) is 5.76 Å². The molecule has 3 heterocycles. The minimum absolute atomic E-state index is 0.00590. The minimum atomic E-state index is -0.629. The molecule has 1 aliphatic rings. The SMILES string of the molecule is COC(=O)c1ccc(CN2C(=O)N/C(=C\c3cc(C)n(-c4ccc(N(C)C)cc4)c3C)C2=O)o1. The van der Waals surface area contributed by atoms with Crippen molar-refractivity contribution in [3.63, 3.8) is 0 Å². The number of hydrogen-bond acceptors (Lipinski definition) is 6. The Kier molecular flexibility index (Phi) is 6.02. The molecule has 0 saturated carbocycles. The molecule has 176 valence electrons. The molecule has 1 aliphatic heterocycles. The third-order valence-corrected chi connectivity index (χ3v) is 5.72. The number of rotatable bonds is 6. The summed E-state index contributed by atoms with van der Waals surface area (Å²) in [5.74, 6) is -0.798. The van der Waals surface area contributed by atoms with E-state index in [0.29, 0.717) is 5.76 Å². The topological polar surface area (TPSA) is 97.0 Å². The zero-order valence-electron chi connectivity index (χ0n) is 19.7. The van der Waals surface area contributed by atoms with Crippen LogP contribution in [-0.2, 0) is 16.1 Å². The summed E-state index contributed by atoms with van der Waals surface area (Å²) < 4.78 is 12.1. The van der Waals surface area contributed by atoms with Gasteiger partial charge >= 0.3 is 12.0 Å². The van der Waals surface area contributed by atoms with Crippen molar-refractivity contribution in [2.45, 2.75) is 20.4 Å². The van der Waals surface area contributed by atoms with Gasteiger partial charge in [-0.25, -0.2) is 9.59 Å². The van der Waals surface area contributed by atoms with Crippen molar-refractivity contribution >= 4 is 29.7 Å². The highest BCUT2D eigenvalue weighted by atomic mass is 16.5. The molecule has 3 aromatic rings. The fraction of sp³-hybridized carbons (Fsp3) is 0.240. The quantitative estimate of drug-likeness (QED) is 0.341. The number of imide groups is 1. The van der Waals surface area contributed by atoms with Crippen molar-refractivity contribution in [1.29, 1.82) is 0 Å². The van der Waals surface area contributed by atoms with Gasteiger partial charge < -0.3 is 23.9 Å². The molecule has 4 rings (SSSR count). The van der Waals surface area contributed by atoms with Gasteiger partial charge in [0.1, 0.15) is 11.5 Å². The van der Waals surface area contributed by atoms with Gasteiger partial charge in [0.25, 0.3) is 5.91 Å². The highest BCUT2D eigenvalue weighted by Gasteiger charge is 2.34. The van der Waals surface area contributed by atoms with E-state index in [2.05, 4.69) is 14.6 Å². The van der Waals surface area contributed by atoms with Crippen LogP contribution in [0.5, 0.6) is 0 Å². The smallest absolute Gasteiger partial charge is 0.373 e. The van der Waals surface area contributed by atoms with Crippen molar-refractivity contribution in [1.82, 2.24) is 14.8 Å². The Labute approximate surface area is 197 Å². The van der Waals surface area contributed by atoms with Gasteiger partial charge in [0.05, 0.1) is 13.7 Å². The summed E-state index contributed by atoms with van der Waals surface area (Å²) in [4.78, 5) is 40.0. The molecule has 1 aromatic carbocycles. The fourth-order valence-electron chi connectivity index (χ4n) is 3.93. The number of aromatic nitrogens is 1. The molecular formula is C25H26N4O5. The maximum absolute atomic E-state index is 12.9. The van der Waals surface area contributed by atoms with Crippen molar-refractivity contribution in [3.05, 3.63) is 76.6 Å². The van der Waals surface area contributed by atoms with Gasteiger partial charge in [-0.15, -0.1) is 0 Å². The lowest BCUT2D eigenvalue weighted by molar-refractivity contribution is -0.123. The number of aryl methyl sites for hydroxylation is 1. The van der Waals surface area contributed by atoms with Crippen molar-refractivity contribution in [2.24, 2.45) is 0 Å². The first kappa shape index (κ1) is 22.9. The first-order valence-corrected chi connectivity index (χ1v) is 10.7. The molecule has 0 radical (unpaired) electrons. The number of methoxy groups -OCH3 is 1. The van der Waals surface area contributed by atoms with E-state index in [1.54, 1.807) is 6.08 Å². The van der Waals surface area contributed by atoms with Crippen LogP contribution < -0.4 is 10.2 Å². The number of nitrogens with one attached hydrogen (secondary N) is 1. The lowest BCUT2D eigenvalue weighted by Gasteiger charge is -2.14. The maximum Gasteiger partial charge on any atom is 0.373 e. The largest absolute Gasteiger partial charge is 0.463 e. The van der Waals surface area contributed by atoms with Crippen molar-refractivity contribution in [3.8, 4) is 5.69 Å². The Morgan fingerprint density at radius 3 is 2.47 bits per heavy atom. The third kappa shape index (κ3) is 4.19. The van der Waals surface area contributed by atoms with Gasteiger partial charge in [-0.05, 0) is 68.0 Å². The Hall–Kier alpha value is -4.27. The Balaban J connectivity index is 1.57. The summed E-state index contributed by atoms with van der Waals surface area (Å²) >= 11 is 0. The van der Waals surface area contributed by atoms with E-state index in [1.807, 2.05) is 63.2 Å². The number of anilines is 1. The number of carbonyl (C=O) groups excluding carboxylic acids is 3.